The van der Waals surface area contributed by atoms with Crippen LogP contribution in [-0.2, 0) is 4.79 Å². The second-order valence-electron chi connectivity index (χ2n) is 6.82. The highest BCUT2D eigenvalue weighted by molar-refractivity contribution is 5.78. The Kier molecular flexibility index (Phi) is 6.08. The summed E-state index contributed by atoms with van der Waals surface area (Å²) in [5.74, 6) is 1.46. The second kappa shape index (κ2) is 8.68. The third-order valence-corrected chi connectivity index (χ3v) is 5.01. The van der Waals surface area contributed by atoms with Crippen LogP contribution in [0.3, 0.4) is 0 Å². The van der Waals surface area contributed by atoms with Gasteiger partial charge in [0, 0.05) is 19.1 Å². The number of nitriles is 1. The molecule has 0 aromatic heterocycles. The molecule has 1 saturated carbocycles. The maximum absolute atomic E-state index is 12.1. The summed E-state index contributed by atoms with van der Waals surface area (Å²) in [6.45, 7) is 2.30. The van der Waals surface area contributed by atoms with Crippen LogP contribution in [0.4, 0.5) is 0 Å². The highest BCUT2D eigenvalue weighted by Crippen LogP contribution is 2.26. The molecule has 1 aromatic rings. The largest absolute Gasteiger partial charge is 0.465 e. The van der Waals surface area contributed by atoms with Gasteiger partial charge in [0.2, 0.25) is 5.91 Å². The van der Waals surface area contributed by atoms with Crippen molar-refractivity contribution in [2.75, 3.05) is 19.6 Å². The van der Waals surface area contributed by atoms with Crippen LogP contribution in [0.15, 0.2) is 36.6 Å². The number of rotatable bonds is 6. The normalized spacial score (nSPS) is 23.1. The molecule has 1 amide bonds. The van der Waals surface area contributed by atoms with E-state index in [9.17, 15) is 4.79 Å². The van der Waals surface area contributed by atoms with Gasteiger partial charge in [-0.3, -0.25) is 4.79 Å². The molecular formula is C20H25N3O2. The summed E-state index contributed by atoms with van der Waals surface area (Å²) in [5, 5.41) is 12.2. The molecule has 2 fully saturated rings. The first-order valence-electron chi connectivity index (χ1n) is 9.09. The Morgan fingerprint density at radius 1 is 1.28 bits per heavy atom. The highest BCUT2D eigenvalue weighted by Gasteiger charge is 2.24. The van der Waals surface area contributed by atoms with Gasteiger partial charge >= 0.3 is 0 Å². The first kappa shape index (κ1) is 17.5. The van der Waals surface area contributed by atoms with Gasteiger partial charge in [-0.2, -0.15) is 5.26 Å². The van der Waals surface area contributed by atoms with Crippen molar-refractivity contribution in [2.45, 2.75) is 38.1 Å². The second-order valence-corrected chi connectivity index (χ2v) is 6.82. The molecule has 1 heterocycles. The molecular weight excluding hydrogens is 314 g/mol. The highest BCUT2D eigenvalue weighted by atomic mass is 16.5. The summed E-state index contributed by atoms with van der Waals surface area (Å²) in [7, 11) is 0. The van der Waals surface area contributed by atoms with Crippen LogP contribution in [0.25, 0.3) is 0 Å². The zero-order valence-electron chi connectivity index (χ0n) is 14.5. The molecule has 132 valence electrons. The fourth-order valence-corrected chi connectivity index (χ4v) is 3.52. The minimum absolute atomic E-state index is 0.237. The van der Waals surface area contributed by atoms with E-state index in [4.69, 9.17) is 10.00 Å². The molecule has 2 aliphatic rings. The standard InChI is InChI=1S/C20H25N3O2/c21-14-17-4-7-19(8-5-17)25-12-9-16-3-6-18(13-16)22-15-20(24)23-10-1-2-11-23/h4-5,7-9,12,16,18,22H,1-3,6,10-11,13,15H2/b12-9+. The number of carbonyl (C=O) groups excluding carboxylic acids is 1. The minimum atomic E-state index is 0.237. The molecule has 2 atom stereocenters. The van der Waals surface area contributed by atoms with E-state index in [0.29, 0.717) is 24.1 Å². The van der Waals surface area contributed by atoms with Crippen LogP contribution in [0.2, 0.25) is 0 Å². The van der Waals surface area contributed by atoms with Crippen molar-refractivity contribution in [2.24, 2.45) is 5.92 Å². The van der Waals surface area contributed by atoms with Crippen LogP contribution in [0.5, 0.6) is 5.75 Å². The lowest BCUT2D eigenvalue weighted by molar-refractivity contribution is -0.129. The topological polar surface area (TPSA) is 65.4 Å². The van der Waals surface area contributed by atoms with E-state index < -0.39 is 0 Å². The fraction of sp³-hybridized carbons (Fsp3) is 0.500. The lowest BCUT2D eigenvalue weighted by Crippen LogP contribution is -2.39. The quantitative estimate of drug-likeness (QED) is 0.810. The van der Waals surface area contributed by atoms with Crippen molar-refractivity contribution in [3.63, 3.8) is 0 Å². The van der Waals surface area contributed by atoms with Crippen LogP contribution >= 0.6 is 0 Å². The third-order valence-electron chi connectivity index (χ3n) is 5.01. The van der Waals surface area contributed by atoms with Crippen molar-refractivity contribution in [1.82, 2.24) is 10.2 Å². The number of nitrogens with one attached hydrogen (secondary N) is 1. The fourth-order valence-electron chi connectivity index (χ4n) is 3.52. The van der Waals surface area contributed by atoms with E-state index in [1.54, 1.807) is 30.5 Å². The SMILES string of the molecule is N#Cc1ccc(O/C=C/C2CCC(NCC(=O)N3CCCC3)C2)cc1. The van der Waals surface area contributed by atoms with E-state index in [2.05, 4.69) is 17.5 Å². The first-order valence-corrected chi connectivity index (χ1v) is 9.09. The summed E-state index contributed by atoms with van der Waals surface area (Å²) < 4.78 is 5.60. The summed E-state index contributed by atoms with van der Waals surface area (Å²) in [4.78, 5) is 14.0. The Morgan fingerprint density at radius 2 is 2.04 bits per heavy atom. The number of ether oxygens (including phenoxy) is 1. The van der Waals surface area contributed by atoms with Crippen LogP contribution < -0.4 is 10.1 Å². The van der Waals surface area contributed by atoms with E-state index in [1.807, 2.05) is 4.90 Å². The van der Waals surface area contributed by atoms with Crippen molar-refractivity contribution >= 4 is 5.91 Å². The van der Waals surface area contributed by atoms with Gasteiger partial charge in [-0.25, -0.2) is 0 Å². The zero-order chi connectivity index (χ0) is 17.5. The summed E-state index contributed by atoms with van der Waals surface area (Å²) in [5.41, 5.74) is 0.629. The van der Waals surface area contributed by atoms with Gasteiger partial charge in [0.1, 0.15) is 5.75 Å². The van der Waals surface area contributed by atoms with Gasteiger partial charge in [0.05, 0.1) is 24.4 Å². The number of nitrogens with zero attached hydrogens (tertiary/aromatic N) is 2. The van der Waals surface area contributed by atoms with Gasteiger partial charge in [-0.15, -0.1) is 0 Å². The molecule has 1 aliphatic carbocycles. The molecule has 5 heteroatoms. The molecule has 0 radical (unpaired) electrons. The van der Waals surface area contributed by atoms with Crippen molar-refractivity contribution in [3.8, 4) is 11.8 Å². The molecule has 0 spiro atoms. The summed E-state index contributed by atoms with van der Waals surface area (Å²) in [6, 6.07) is 9.59. The van der Waals surface area contributed by atoms with Gasteiger partial charge in [0.15, 0.2) is 0 Å². The smallest absolute Gasteiger partial charge is 0.236 e. The average molecular weight is 339 g/mol. The summed E-state index contributed by atoms with van der Waals surface area (Å²) >= 11 is 0. The molecule has 3 rings (SSSR count). The molecule has 1 aliphatic heterocycles. The van der Waals surface area contributed by atoms with Crippen molar-refractivity contribution in [1.29, 1.82) is 5.26 Å². The van der Waals surface area contributed by atoms with Gasteiger partial charge in [-0.1, -0.05) is 0 Å². The Morgan fingerprint density at radius 3 is 2.76 bits per heavy atom. The van der Waals surface area contributed by atoms with Crippen molar-refractivity contribution in [3.05, 3.63) is 42.2 Å². The number of amides is 1. The van der Waals surface area contributed by atoms with Crippen molar-refractivity contribution < 1.29 is 9.53 Å². The van der Waals surface area contributed by atoms with Gasteiger partial charge in [0.25, 0.3) is 0 Å². The van der Waals surface area contributed by atoms with E-state index >= 15 is 0 Å². The average Bonchev–Trinajstić information content (AvgIpc) is 3.32. The number of carbonyl (C=O) groups is 1. The molecule has 5 nitrogen and oxygen atoms in total. The van der Waals surface area contributed by atoms with E-state index in [-0.39, 0.29) is 5.91 Å². The Labute approximate surface area is 149 Å². The number of hydrogen-bond donors (Lipinski definition) is 1. The van der Waals surface area contributed by atoms with E-state index in [0.717, 1.165) is 50.9 Å². The molecule has 1 saturated heterocycles. The molecule has 2 unspecified atom stereocenters. The number of benzene rings is 1. The lowest BCUT2D eigenvalue weighted by atomic mass is 10.1. The number of allylic oxidation sites excluding steroid dienone is 1. The first-order chi connectivity index (χ1) is 12.2. The molecule has 1 N–H and O–H groups in total. The van der Waals surface area contributed by atoms with Gasteiger partial charge in [-0.05, 0) is 68.4 Å². The van der Waals surface area contributed by atoms with Crippen LogP contribution in [0.1, 0.15) is 37.7 Å². The molecule has 1 aromatic carbocycles. The maximum Gasteiger partial charge on any atom is 0.236 e. The molecule has 0 bridgehead atoms. The predicted molar refractivity (Wildman–Crippen MR) is 95.9 cm³/mol. The monoisotopic (exact) mass is 339 g/mol. The zero-order valence-corrected chi connectivity index (χ0v) is 14.5. The number of likely N-dealkylation sites (tertiary alicyclic amines) is 1. The number of hydrogen-bond acceptors (Lipinski definition) is 4. The van der Waals surface area contributed by atoms with E-state index in [1.165, 1.54) is 0 Å². The predicted octanol–water partition coefficient (Wildman–Crippen LogP) is 2.83. The third kappa shape index (κ3) is 5.07. The van der Waals surface area contributed by atoms with Crippen LogP contribution in [0, 0.1) is 17.2 Å². The Bertz CT molecular complexity index is 642. The minimum Gasteiger partial charge on any atom is -0.465 e. The maximum atomic E-state index is 12.1. The Hall–Kier alpha value is -2.32. The Balaban J connectivity index is 1.37. The summed E-state index contributed by atoms with van der Waals surface area (Å²) in [6.07, 6.45) is 9.37. The lowest BCUT2D eigenvalue weighted by Gasteiger charge is -2.18. The van der Waals surface area contributed by atoms with Gasteiger partial charge < -0.3 is 15.0 Å². The van der Waals surface area contributed by atoms with Crippen LogP contribution in [-0.4, -0.2) is 36.5 Å². The molecule has 25 heavy (non-hydrogen) atoms.